The zero-order chi connectivity index (χ0) is 42.0. The van der Waals surface area contributed by atoms with Crippen molar-refractivity contribution in [1.82, 2.24) is 24.0 Å². The van der Waals surface area contributed by atoms with Crippen molar-refractivity contribution in [3.8, 4) is 22.3 Å². The van der Waals surface area contributed by atoms with Crippen LogP contribution < -0.4 is 21.8 Å². The molecule has 8 aromatic rings. The van der Waals surface area contributed by atoms with Crippen molar-refractivity contribution in [1.29, 1.82) is 5.53 Å². The molecule has 0 radical (unpaired) electrons. The third kappa shape index (κ3) is 6.44. The predicted octanol–water partition coefficient (Wildman–Crippen LogP) is 7.81. The summed E-state index contributed by atoms with van der Waals surface area (Å²) in [5.41, 5.74) is 21.2. The van der Waals surface area contributed by atoms with Gasteiger partial charge in [0.05, 0.1) is 28.7 Å². The minimum absolute atomic E-state index is 0.00443. The molecule has 2 saturated carbocycles. The Hall–Kier alpha value is -7.55. The van der Waals surface area contributed by atoms with Gasteiger partial charge in [-0.1, -0.05) is 36.4 Å². The first-order valence-corrected chi connectivity index (χ1v) is 19.3. The minimum Gasteiger partial charge on any atom is -0.478 e. The topological polar surface area (TPSA) is 247 Å². The molecule has 300 valence electrons. The first-order valence-electron chi connectivity index (χ1n) is 19.3. The number of oxazole rings is 2. The number of nitrogens with zero attached hydrogens (tertiary/aromatic N) is 6. The number of pyridine rings is 2. The molecule has 4 aromatic carbocycles. The molecule has 2 aliphatic rings. The number of carbonyl (C=O) groups is 2. The van der Waals surface area contributed by atoms with E-state index in [9.17, 15) is 19.2 Å². The van der Waals surface area contributed by atoms with Gasteiger partial charge in [-0.15, -0.1) is 0 Å². The molecular formula is C44H37N8O8+. The SMILES string of the molecule is Cc1c(-c2ccc(C(=O)O)cc2)ccc2c3oc(CN)nc3c(=O)n(C3CC3)c12.Cc1c(-c2ccc(C(=O)O)cc2)ccc2c3oc(CN=[N+]=N)nc3c(=O)n(C3CC3)c12. The van der Waals surface area contributed by atoms with Gasteiger partial charge in [-0.05, 0) is 109 Å². The zero-order valence-electron chi connectivity index (χ0n) is 32.4. The molecule has 60 heavy (non-hydrogen) atoms. The molecule has 0 amide bonds. The maximum atomic E-state index is 13.3. The van der Waals surface area contributed by atoms with Gasteiger partial charge in [0, 0.05) is 22.9 Å². The van der Waals surface area contributed by atoms with Gasteiger partial charge >= 0.3 is 11.9 Å². The Kier molecular flexibility index (Phi) is 9.30. The Balaban J connectivity index is 0.000000154. The second kappa shape index (κ2) is 14.7. The van der Waals surface area contributed by atoms with Crippen molar-refractivity contribution in [2.75, 3.05) is 0 Å². The Morgan fingerprint density at radius 3 is 1.52 bits per heavy atom. The van der Waals surface area contributed by atoms with Crippen LogP contribution in [0.15, 0.2) is 96.3 Å². The van der Waals surface area contributed by atoms with Gasteiger partial charge in [-0.3, -0.25) is 9.59 Å². The van der Waals surface area contributed by atoms with Gasteiger partial charge in [0.1, 0.15) is 10.6 Å². The maximum Gasteiger partial charge on any atom is 0.335 e. The molecule has 2 fully saturated rings. The third-order valence-electron chi connectivity index (χ3n) is 11.2. The van der Waals surface area contributed by atoms with E-state index in [4.69, 9.17) is 30.3 Å². The van der Waals surface area contributed by atoms with Crippen LogP contribution in [0.4, 0.5) is 0 Å². The Bertz CT molecular complexity index is 3260. The number of aryl methyl sites for hydroxylation is 2. The number of aromatic nitrogens is 4. The zero-order valence-corrected chi connectivity index (χ0v) is 32.4. The number of nitrogens with one attached hydrogen (secondary N) is 1. The van der Waals surface area contributed by atoms with Crippen molar-refractivity contribution in [2.45, 2.75) is 64.7 Å². The summed E-state index contributed by atoms with van der Waals surface area (Å²) >= 11 is 0. The molecule has 16 nitrogen and oxygen atoms in total. The van der Waals surface area contributed by atoms with Crippen LogP contribution in [0.1, 0.15) is 81.4 Å². The van der Waals surface area contributed by atoms with Crippen LogP contribution in [-0.2, 0) is 13.1 Å². The van der Waals surface area contributed by atoms with E-state index in [1.54, 1.807) is 53.1 Å². The van der Waals surface area contributed by atoms with E-state index in [1.165, 1.54) is 0 Å². The number of benzene rings is 4. The molecule has 0 saturated heterocycles. The second-order valence-electron chi connectivity index (χ2n) is 15.0. The first-order chi connectivity index (χ1) is 29.0. The van der Waals surface area contributed by atoms with Crippen molar-refractivity contribution in [2.24, 2.45) is 10.8 Å². The van der Waals surface area contributed by atoms with Gasteiger partial charge in [-0.2, -0.15) is 0 Å². The second-order valence-corrected chi connectivity index (χ2v) is 15.0. The normalized spacial score (nSPS) is 13.7. The number of hydrogen-bond acceptors (Lipinski definition) is 11. The van der Waals surface area contributed by atoms with Crippen molar-refractivity contribution in [3.05, 3.63) is 128 Å². The fourth-order valence-electron chi connectivity index (χ4n) is 8.03. The molecule has 0 aliphatic heterocycles. The smallest absolute Gasteiger partial charge is 0.335 e. The molecule has 10 rings (SSSR count). The monoisotopic (exact) mass is 805 g/mol. The summed E-state index contributed by atoms with van der Waals surface area (Å²) in [6.45, 7) is 4.06. The number of hydrogen-bond donors (Lipinski definition) is 4. The minimum atomic E-state index is -0.974. The van der Waals surface area contributed by atoms with Crippen LogP contribution in [0.3, 0.4) is 0 Å². The quantitative estimate of drug-likeness (QED) is 0.0809. The highest BCUT2D eigenvalue weighted by atomic mass is 16.4. The van der Waals surface area contributed by atoms with E-state index in [2.05, 4.69) is 20.0 Å². The van der Waals surface area contributed by atoms with Gasteiger partial charge in [0.15, 0.2) is 28.7 Å². The number of fused-ring (bicyclic) bond motifs is 6. The molecule has 16 heteroatoms. The fourth-order valence-corrected chi connectivity index (χ4v) is 8.03. The molecular weight excluding hydrogens is 769 g/mol. The maximum absolute atomic E-state index is 13.3. The summed E-state index contributed by atoms with van der Waals surface area (Å²) in [6, 6.07) is 21.5. The van der Waals surface area contributed by atoms with E-state index >= 15 is 0 Å². The van der Waals surface area contributed by atoms with Crippen molar-refractivity contribution < 1.29 is 28.6 Å². The van der Waals surface area contributed by atoms with Gasteiger partial charge in [0.2, 0.25) is 16.7 Å². The largest absolute Gasteiger partial charge is 0.478 e. The molecule has 0 atom stereocenters. The lowest BCUT2D eigenvalue weighted by Gasteiger charge is -2.15. The fraction of sp³-hybridized carbons (Fsp3) is 0.227. The molecule has 5 N–H and O–H groups in total. The summed E-state index contributed by atoms with van der Waals surface area (Å²) in [5, 5.41) is 23.5. The molecule has 4 aromatic heterocycles. The summed E-state index contributed by atoms with van der Waals surface area (Å²) in [5.74, 6) is -1.35. The van der Waals surface area contributed by atoms with Gasteiger partial charge in [-0.25, -0.2) is 19.6 Å². The van der Waals surface area contributed by atoms with E-state index in [0.717, 1.165) is 80.9 Å². The van der Waals surface area contributed by atoms with E-state index in [1.807, 2.05) is 42.7 Å². The highest BCUT2D eigenvalue weighted by molar-refractivity contribution is 6.05. The van der Waals surface area contributed by atoms with Crippen molar-refractivity contribution in [3.63, 3.8) is 0 Å². The highest BCUT2D eigenvalue weighted by Gasteiger charge is 2.32. The summed E-state index contributed by atoms with van der Waals surface area (Å²) in [6.07, 6.45) is 3.77. The first kappa shape index (κ1) is 38.0. The number of carboxylic acid groups (broad SMARTS) is 2. The lowest BCUT2D eigenvalue weighted by molar-refractivity contribution is 0.0686. The summed E-state index contributed by atoms with van der Waals surface area (Å²) in [4.78, 5) is 60.4. The number of nitrogens with two attached hydrogens (primary N) is 1. The van der Waals surface area contributed by atoms with Gasteiger partial charge < -0.3 is 33.9 Å². The summed E-state index contributed by atoms with van der Waals surface area (Å²) in [7, 11) is 0. The third-order valence-corrected chi connectivity index (χ3v) is 11.2. The van der Waals surface area contributed by atoms with Crippen LogP contribution in [0.5, 0.6) is 0 Å². The van der Waals surface area contributed by atoms with Crippen molar-refractivity contribution >= 4 is 55.9 Å². The average molecular weight is 806 g/mol. The van der Waals surface area contributed by atoms with E-state index in [-0.39, 0.29) is 58.8 Å². The number of aromatic carboxylic acids is 2. The average Bonchev–Trinajstić information content (AvgIpc) is 4.18. The standard InChI is InChI=1S/C22H17N5O4.C22H19N3O4/c1-11-15(12-2-4-13(5-3-12)22(29)30)8-9-16-19(11)27(14-6-7-14)21(28)18-20(16)31-17(25-18)10-24-26-23;1-11-15(12-2-4-13(5-3-12)22(27)28)8-9-16-19(11)25(14-6-7-14)21(26)18-20(16)29-17(10-23)24-18/h2-5,8-9,14,23H,6-7,10H2,1H3;2-5,8-9,14H,6-7,10,23H2,1H3,(H,27,28)/p+1. The summed E-state index contributed by atoms with van der Waals surface area (Å²) < 4.78 is 15.3. The van der Waals surface area contributed by atoms with Crippen LogP contribution >= 0.6 is 0 Å². The van der Waals surface area contributed by atoms with Crippen LogP contribution in [0.25, 0.3) is 66.3 Å². The molecule has 0 spiro atoms. The lowest BCUT2D eigenvalue weighted by Crippen LogP contribution is -2.20. The Morgan fingerprint density at radius 1 is 0.717 bits per heavy atom. The molecule has 2 aliphatic carbocycles. The lowest BCUT2D eigenvalue weighted by atomic mass is 9.96. The Morgan fingerprint density at radius 2 is 1.13 bits per heavy atom. The van der Waals surface area contributed by atoms with Crippen LogP contribution in [-0.4, -0.2) is 41.3 Å². The predicted molar refractivity (Wildman–Crippen MR) is 221 cm³/mol. The number of carboxylic acids is 2. The van der Waals surface area contributed by atoms with E-state index in [0.29, 0.717) is 22.6 Å². The van der Waals surface area contributed by atoms with Crippen LogP contribution in [0, 0.1) is 19.4 Å². The highest BCUT2D eigenvalue weighted by Crippen LogP contribution is 2.42. The molecule has 0 unspecified atom stereocenters. The van der Waals surface area contributed by atoms with Gasteiger partial charge in [0.25, 0.3) is 11.1 Å². The molecule has 4 heterocycles. The molecule has 0 bridgehead atoms. The van der Waals surface area contributed by atoms with Crippen LogP contribution in [0.2, 0.25) is 0 Å². The Labute approximate surface area is 338 Å². The number of rotatable bonds is 9. The van der Waals surface area contributed by atoms with E-state index < -0.39 is 11.9 Å².